The summed E-state index contributed by atoms with van der Waals surface area (Å²) in [5.74, 6) is 0. The Bertz CT molecular complexity index is 152. The Hall–Kier alpha value is -0.780. The number of allylic oxidation sites excluding steroid dienone is 6. The zero-order valence-corrected chi connectivity index (χ0v) is 7.58. The summed E-state index contributed by atoms with van der Waals surface area (Å²) in [5.41, 5.74) is 0. The van der Waals surface area contributed by atoms with Crippen LogP contribution in [-0.2, 0) is 0 Å². The largest absolute Gasteiger partial charge is 0.0885 e. The Morgan fingerprint density at radius 3 is 2.42 bits per heavy atom. The fraction of sp³-hybridized carbons (Fsp3) is 0.417. The van der Waals surface area contributed by atoms with Gasteiger partial charge in [-0.3, -0.25) is 0 Å². The maximum Gasteiger partial charge on any atom is -0.0164 e. The van der Waals surface area contributed by atoms with Crippen molar-refractivity contribution in [2.24, 2.45) is 0 Å². The van der Waals surface area contributed by atoms with E-state index in [4.69, 9.17) is 0 Å². The summed E-state index contributed by atoms with van der Waals surface area (Å²) in [4.78, 5) is 0. The highest BCUT2D eigenvalue weighted by Gasteiger charge is 1.83. The lowest BCUT2D eigenvalue weighted by Crippen LogP contribution is -1.73. The number of rotatable bonds is 0. The molecule has 0 aromatic carbocycles. The van der Waals surface area contributed by atoms with Gasteiger partial charge in [-0.1, -0.05) is 36.5 Å². The van der Waals surface area contributed by atoms with Crippen molar-refractivity contribution in [3.8, 4) is 0 Å². The molecule has 0 nitrogen and oxygen atoms in total. The van der Waals surface area contributed by atoms with Crippen LogP contribution < -0.4 is 0 Å². The average molecular weight is 161 g/mol. The van der Waals surface area contributed by atoms with E-state index in [1.807, 2.05) is 0 Å². The van der Waals surface area contributed by atoms with E-state index in [2.05, 4.69) is 42.9 Å². The molecular formula is C12H17. The first-order chi connectivity index (χ1) is 6.00. The van der Waals surface area contributed by atoms with Crippen LogP contribution in [0.4, 0.5) is 0 Å². The highest BCUT2D eigenvalue weighted by Crippen LogP contribution is 2.03. The van der Waals surface area contributed by atoms with Crippen LogP contribution in [0.3, 0.4) is 0 Å². The summed E-state index contributed by atoms with van der Waals surface area (Å²) in [6.07, 6.45) is 21.5. The fourth-order valence-corrected chi connectivity index (χ4v) is 1.20. The first kappa shape index (κ1) is 9.31. The molecule has 1 rings (SSSR count). The van der Waals surface area contributed by atoms with E-state index in [1.165, 1.54) is 32.1 Å². The van der Waals surface area contributed by atoms with Gasteiger partial charge in [0.25, 0.3) is 0 Å². The number of hydrogen-bond donors (Lipinski definition) is 0. The monoisotopic (exact) mass is 161 g/mol. The molecule has 0 amide bonds. The Balaban J connectivity index is 2.30. The minimum Gasteiger partial charge on any atom is -0.0885 e. The molecule has 0 heterocycles. The van der Waals surface area contributed by atoms with Crippen molar-refractivity contribution in [1.29, 1.82) is 0 Å². The summed E-state index contributed by atoms with van der Waals surface area (Å²) < 4.78 is 0. The van der Waals surface area contributed by atoms with Crippen LogP contribution in [0.5, 0.6) is 0 Å². The minimum absolute atomic E-state index is 1.17. The van der Waals surface area contributed by atoms with Crippen molar-refractivity contribution in [1.82, 2.24) is 0 Å². The molecule has 1 aliphatic carbocycles. The Morgan fingerprint density at radius 1 is 0.583 bits per heavy atom. The molecule has 0 heteroatoms. The third-order valence-electron chi connectivity index (χ3n) is 1.90. The number of hydrogen-bond acceptors (Lipinski definition) is 0. The zero-order chi connectivity index (χ0) is 8.49. The van der Waals surface area contributed by atoms with E-state index in [-0.39, 0.29) is 0 Å². The maximum atomic E-state index is 2.30. The second-order valence-electron chi connectivity index (χ2n) is 3.03. The zero-order valence-electron chi connectivity index (χ0n) is 7.58. The van der Waals surface area contributed by atoms with Gasteiger partial charge in [0.05, 0.1) is 0 Å². The molecule has 65 valence electrons. The third-order valence-corrected chi connectivity index (χ3v) is 1.90. The van der Waals surface area contributed by atoms with Crippen molar-refractivity contribution in [2.75, 3.05) is 0 Å². The Labute approximate surface area is 75.7 Å². The molecular weight excluding hydrogens is 144 g/mol. The normalized spacial score (nSPS) is 28.0. The molecule has 0 N–H and O–H groups in total. The lowest BCUT2D eigenvalue weighted by molar-refractivity contribution is 0.860. The smallest absolute Gasteiger partial charge is 0.0164 e. The molecule has 0 aromatic rings. The molecule has 0 aromatic heterocycles. The maximum absolute atomic E-state index is 2.30. The summed E-state index contributed by atoms with van der Waals surface area (Å²) in [7, 11) is 0. The van der Waals surface area contributed by atoms with Crippen LogP contribution in [0.25, 0.3) is 0 Å². The van der Waals surface area contributed by atoms with Crippen molar-refractivity contribution in [3.63, 3.8) is 0 Å². The lowest BCUT2D eigenvalue weighted by atomic mass is 10.1. The summed E-state index contributed by atoms with van der Waals surface area (Å²) >= 11 is 0. The standard InChI is InChI=1S/C12H17/c1-2-4-6-8-10-12-11-9-7-5-3-1/h1-5,10,12H,6-9,11H2/b2-1+,5-3-,12-10+. The molecule has 0 unspecified atom stereocenters. The molecule has 1 radical (unpaired) electrons. The Morgan fingerprint density at radius 2 is 1.42 bits per heavy atom. The first-order valence-electron chi connectivity index (χ1n) is 4.80. The quantitative estimate of drug-likeness (QED) is 0.474. The van der Waals surface area contributed by atoms with Gasteiger partial charge in [-0.05, 0) is 38.5 Å². The fourth-order valence-electron chi connectivity index (χ4n) is 1.20. The highest BCUT2D eigenvalue weighted by molar-refractivity contribution is 5.08. The van der Waals surface area contributed by atoms with E-state index in [0.717, 1.165) is 0 Å². The SMILES string of the molecule is [CH]1/C=C/C=C\CCC/C=C/CC1. The molecule has 0 fully saturated rings. The van der Waals surface area contributed by atoms with Crippen molar-refractivity contribution < 1.29 is 0 Å². The van der Waals surface area contributed by atoms with E-state index in [0.29, 0.717) is 0 Å². The van der Waals surface area contributed by atoms with E-state index in [1.54, 1.807) is 0 Å². The molecule has 0 saturated carbocycles. The third kappa shape index (κ3) is 4.95. The molecule has 0 aliphatic heterocycles. The van der Waals surface area contributed by atoms with Crippen LogP contribution in [0.2, 0.25) is 0 Å². The van der Waals surface area contributed by atoms with Crippen molar-refractivity contribution >= 4 is 0 Å². The summed E-state index contributed by atoms with van der Waals surface area (Å²) in [6.45, 7) is 0. The molecule has 0 atom stereocenters. The molecule has 12 heavy (non-hydrogen) atoms. The highest BCUT2D eigenvalue weighted by atomic mass is 13.9. The van der Waals surface area contributed by atoms with Gasteiger partial charge >= 0.3 is 0 Å². The van der Waals surface area contributed by atoms with Crippen LogP contribution in [0.15, 0.2) is 36.5 Å². The van der Waals surface area contributed by atoms with Crippen LogP contribution >= 0.6 is 0 Å². The van der Waals surface area contributed by atoms with Gasteiger partial charge in [0.1, 0.15) is 0 Å². The van der Waals surface area contributed by atoms with E-state index < -0.39 is 0 Å². The van der Waals surface area contributed by atoms with Crippen molar-refractivity contribution in [2.45, 2.75) is 32.1 Å². The van der Waals surface area contributed by atoms with Gasteiger partial charge in [-0.2, -0.15) is 0 Å². The Kier molecular flexibility index (Phi) is 5.35. The predicted molar refractivity (Wildman–Crippen MR) is 54.8 cm³/mol. The molecule has 0 saturated heterocycles. The summed E-state index contributed by atoms with van der Waals surface area (Å²) in [6, 6.07) is 0. The van der Waals surface area contributed by atoms with Crippen LogP contribution in [0, 0.1) is 6.42 Å². The van der Waals surface area contributed by atoms with Gasteiger partial charge in [-0.15, -0.1) is 0 Å². The van der Waals surface area contributed by atoms with Gasteiger partial charge in [-0.25, -0.2) is 0 Å². The molecule has 0 bridgehead atoms. The minimum atomic E-state index is 1.17. The van der Waals surface area contributed by atoms with Gasteiger partial charge in [0.15, 0.2) is 0 Å². The lowest BCUT2D eigenvalue weighted by Gasteiger charge is -1.93. The first-order valence-corrected chi connectivity index (χ1v) is 4.80. The van der Waals surface area contributed by atoms with Crippen LogP contribution in [-0.4, -0.2) is 0 Å². The van der Waals surface area contributed by atoms with Gasteiger partial charge in [0, 0.05) is 0 Å². The van der Waals surface area contributed by atoms with Gasteiger partial charge in [0.2, 0.25) is 0 Å². The second-order valence-corrected chi connectivity index (χ2v) is 3.03. The van der Waals surface area contributed by atoms with E-state index in [9.17, 15) is 0 Å². The van der Waals surface area contributed by atoms with Crippen LogP contribution in [0.1, 0.15) is 32.1 Å². The predicted octanol–water partition coefficient (Wildman–Crippen LogP) is 3.82. The average Bonchev–Trinajstić information content (AvgIpc) is 2.05. The second kappa shape index (κ2) is 6.90. The summed E-state index contributed by atoms with van der Waals surface area (Å²) in [5, 5.41) is 0. The molecule has 1 aliphatic rings. The topological polar surface area (TPSA) is 0 Å². The van der Waals surface area contributed by atoms with Gasteiger partial charge < -0.3 is 0 Å². The molecule has 0 spiro atoms. The van der Waals surface area contributed by atoms with E-state index >= 15 is 0 Å². The van der Waals surface area contributed by atoms with Crippen molar-refractivity contribution in [3.05, 3.63) is 42.9 Å².